The molecule has 0 spiro atoms. The van der Waals surface area contributed by atoms with Crippen molar-refractivity contribution < 1.29 is 27.5 Å². The molecule has 0 saturated carbocycles. The molecule has 3 aromatic carbocycles. The second-order valence-electron chi connectivity index (χ2n) is 12.9. The van der Waals surface area contributed by atoms with Gasteiger partial charge in [0.25, 0.3) is 5.91 Å². The third kappa shape index (κ3) is 9.08. The fraction of sp³-hybridized carbons (Fsp3) is 0.270. The Bertz CT molecular complexity index is 2010. The van der Waals surface area contributed by atoms with Gasteiger partial charge in [0.15, 0.2) is 5.65 Å². The predicted molar refractivity (Wildman–Crippen MR) is 189 cm³/mol. The lowest BCUT2D eigenvalue weighted by molar-refractivity contribution is -0.138. The van der Waals surface area contributed by atoms with E-state index in [0.29, 0.717) is 28.2 Å². The smallest absolute Gasteiger partial charge is 0.416 e. The van der Waals surface area contributed by atoms with E-state index in [1.165, 1.54) is 43.2 Å². The summed E-state index contributed by atoms with van der Waals surface area (Å²) in [5, 5.41) is 9.43. The van der Waals surface area contributed by atoms with E-state index >= 15 is 0 Å². The van der Waals surface area contributed by atoms with Crippen molar-refractivity contribution in [2.45, 2.75) is 75.1 Å². The number of hydrogen-bond acceptors (Lipinski definition) is 8. The Morgan fingerprint density at radius 3 is 2.28 bits per heavy atom. The van der Waals surface area contributed by atoms with Crippen LogP contribution in [0, 0.1) is 0 Å². The van der Waals surface area contributed by atoms with Gasteiger partial charge in [-0.15, -0.1) is 0 Å². The molecule has 3 N–H and O–H groups in total. The molecule has 9 nitrogen and oxygen atoms in total. The minimum Gasteiger partial charge on any atom is -0.444 e. The number of fused-ring (bicyclic) bond motifs is 1. The Labute approximate surface area is 292 Å². The fourth-order valence-corrected chi connectivity index (χ4v) is 5.89. The second-order valence-corrected chi connectivity index (χ2v) is 14.0. The molecule has 13 heteroatoms. The summed E-state index contributed by atoms with van der Waals surface area (Å²) in [6.45, 7) is 10.9. The van der Waals surface area contributed by atoms with Gasteiger partial charge in [-0.3, -0.25) is 10.1 Å². The summed E-state index contributed by atoms with van der Waals surface area (Å²) in [5.74, 6) is 0.101. The first-order valence-electron chi connectivity index (χ1n) is 15.8. The van der Waals surface area contributed by atoms with Crippen molar-refractivity contribution in [1.82, 2.24) is 20.3 Å². The molecule has 260 valence electrons. The second kappa shape index (κ2) is 14.8. The zero-order chi connectivity index (χ0) is 36.2. The maximum absolute atomic E-state index is 13.7. The molecule has 2 aromatic heterocycles. The monoisotopic (exact) mass is 702 g/mol. The van der Waals surface area contributed by atoms with Gasteiger partial charge in [-0.05, 0) is 99.8 Å². The fourth-order valence-electron chi connectivity index (χ4n) is 5.01. The van der Waals surface area contributed by atoms with Crippen LogP contribution in [0.3, 0.4) is 0 Å². The molecule has 1 atom stereocenters. The van der Waals surface area contributed by atoms with E-state index < -0.39 is 35.4 Å². The van der Waals surface area contributed by atoms with Crippen LogP contribution in [0.4, 0.5) is 35.2 Å². The number of nitrogens with one attached hydrogen (secondary N) is 3. The quantitative estimate of drug-likeness (QED) is 0.139. The van der Waals surface area contributed by atoms with Gasteiger partial charge in [-0.2, -0.15) is 13.2 Å². The average molecular weight is 703 g/mol. The minimum atomic E-state index is -4.57. The zero-order valence-electron chi connectivity index (χ0n) is 28.3. The molecule has 0 aliphatic rings. The Hall–Kier alpha value is -5.17. The van der Waals surface area contributed by atoms with Crippen LogP contribution < -0.4 is 16.0 Å². The summed E-state index contributed by atoms with van der Waals surface area (Å²) in [6.07, 6.45) is -3.73. The number of rotatable bonds is 9. The van der Waals surface area contributed by atoms with Gasteiger partial charge in [0.05, 0.1) is 22.7 Å². The molecule has 0 aliphatic heterocycles. The Morgan fingerprint density at radius 2 is 1.60 bits per heavy atom. The van der Waals surface area contributed by atoms with Gasteiger partial charge >= 0.3 is 12.3 Å². The molecular formula is C37H37F3N6O3S. The normalized spacial score (nSPS) is 12.4. The number of halogens is 3. The standard InChI is InChI=1S/C37H37F3N6O3S/c1-21(2)29-17-16-27-32(45-29)41-20-42-33(27)46-30-19-23(34(47)43-22(3)26-9-7-8-10-28(26)37(38,39)40)11-18-31(30)50-25-14-12-24(13-15-25)44-35(48)49-36(4,5)6/h7-22H,1-6H3,(H,43,47)(H,44,48)(H,41,42,45,46)/t22-/m0/s1. The molecule has 0 radical (unpaired) electrons. The van der Waals surface area contributed by atoms with Crippen LogP contribution >= 0.6 is 11.8 Å². The number of carbonyl (C=O) groups is 2. The zero-order valence-corrected chi connectivity index (χ0v) is 29.2. The van der Waals surface area contributed by atoms with Crippen molar-refractivity contribution in [1.29, 1.82) is 0 Å². The Kier molecular flexibility index (Phi) is 10.7. The number of aromatic nitrogens is 3. The lowest BCUT2D eigenvalue weighted by atomic mass is 10.0. The summed E-state index contributed by atoms with van der Waals surface area (Å²) < 4.78 is 46.4. The summed E-state index contributed by atoms with van der Waals surface area (Å²) in [6, 6.07) is 20.2. The van der Waals surface area contributed by atoms with Crippen LogP contribution in [-0.4, -0.2) is 32.6 Å². The molecule has 0 bridgehead atoms. The topological polar surface area (TPSA) is 118 Å². The van der Waals surface area contributed by atoms with Crippen molar-refractivity contribution in [2.75, 3.05) is 10.6 Å². The van der Waals surface area contributed by atoms with E-state index in [2.05, 4.69) is 30.9 Å². The number of benzene rings is 3. The van der Waals surface area contributed by atoms with Crippen molar-refractivity contribution in [3.63, 3.8) is 0 Å². The molecule has 2 amide bonds. The highest BCUT2D eigenvalue weighted by atomic mass is 32.2. The van der Waals surface area contributed by atoms with Crippen LogP contribution in [0.25, 0.3) is 11.0 Å². The number of nitrogens with zero attached hydrogens (tertiary/aromatic N) is 3. The molecule has 50 heavy (non-hydrogen) atoms. The van der Waals surface area contributed by atoms with E-state index in [4.69, 9.17) is 4.74 Å². The molecule has 5 aromatic rings. The van der Waals surface area contributed by atoms with Gasteiger partial charge in [-0.25, -0.2) is 19.7 Å². The third-order valence-electron chi connectivity index (χ3n) is 7.41. The van der Waals surface area contributed by atoms with Gasteiger partial charge < -0.3 is 15.4 Å². The number of anilines is 3. The highest BCUT2D eigenvalue weighted by Crippen LogP contribution is 2.38. The highest BCUT2D eigenvalue weighted by molar-refractivity contribution is 7.99. The molecule has 0 fully saturated rings. The van der Waals surface area contributed by atoms with E-state index in [1.54, 1.807) is 51.1 Å². The maximum Gasteiger partial charge on any atom is 0.416 e. The van der Waals surface area contributed by atoms with Gasteiger partial charge in [0.2, 0.25) is 0 Å². The Morgan fingerprint density at radius 1 is 0.880 bits per heavy atom. The SMILES string of the molecule is CC(C)c1ccc2c(Nc3cc(C(=O)N[C@@H](C)c4ccccc4C(F)(F)F)ccc3Sc3ccc(NC(=O)OC(C)(C)C)cc3)ncnc2n1. The first-order valence-corrected chi connectivity index (χ1v) is 16.7. The van der Waals surface area contributed by atoms with E-state index in [9.17, 15) is 22.8 Å². The molecule has 0 aliphatic carbocycles. The number of pyridine rings is 1. The summed E-state index contributed by atoms with van der Waals surface area (Å²) >= 11 is 1.40. The summed E-state index contributed by atoms with van der Waals surface area (Å²) in [4.78, 5) is 40.7. The largest absolute Gasteiger partial charge is 0.444 e. The lowest BCUT2D eigenvalue weighted by Gasteiger charge is -2.20. The molecule has 0 unspecified atom stereocenters. The van der Waals surface area contributed by atoms with Crippen LogP contribution in [0.2, 0.25) is 0 Å². The van der Waals surface area contributed by atoms with Crippen molar-refractivity contribution in [3.8, 4) is 0 Å². The highest BCUT2D eigenvalue weighted by Gasteiger charge is 2.34. The number of hydrogen-bond donors (Lipinski definition) is 3. The summed E-state index contributed by atoms with van der Waals surface area (Å²) in [5.41, 5.74) is 1.20. The van der Waals surface area contributed by atoms with Crippen LogP contribution in [0.1, 0.15) is 80.7 Å². The molecule has 0 saturated heterocycles. The van der Waals surface area contributed by atoms with Crippen LogP contribution in [0.5, 0.6) is 0 Å². The van der Waals surface area contributed by atoms with Gasteiger partial charge in [0, 0.05) is 26.7 Å². The van der Waals surface area contributed by atoms with Crippen molar-refractivity contribution in [2.24, 2.45) is 0 Å². The van der Waals surface area contributed by atoms with Crippen molar-refractivity contribution in [3.05, 3.63) is 108 Å². The van der Waals surface area contributed by atoms with E-state index in [-0.39, 0.29) is 17.0 Å². The van der Waals surface area contributed by atoms with E-state index in [1.807, 2.05) is 38.1 Å². The Balaban J connectivity index is 1.45. The number of alkyl halides is 3. The van der Waals surface area contributed by atoms with E-state index in [0.717, 1.165) is 21.6 Å². The molecular weight excluding hydrogens is 666 g/mol. The number of amides is 2. The minimum absolute atomic E-state index is 0.0378. The molecule has 2 heterocycles. The van der Waals surface area contributed by atoms with Crippen molar-refractivity contribution >= 4 is 52.0 Å². The lowest BCUT2D eigenvalue weighted by Crippen LogP contribution is -2.28. The predicted octanol–water partition coefficient (Wildman–Crippen LogP) is 9.90. The van der Waals surface area contributed by atoms with Crippen LogP contribution in [0.15, 0.2) is 95.0 Å². The van der Waals surface area contributed by atoms with Gasteiger partial charge in [-0.1, -0.05) is 43.8 Å². The number of ether oxygens (including phenoxy) is 1. The van der Waals surface area contributed by atoms with Crippen LogP contribution in [-0.2, 0) is 10.9 Å². The average Bonchev–Trinajstić information content (AvgIpc) is 3.05. The maximum atomic E-state index is 13.7. The summed E-state index contributed by atoms with van der Waals surface area (Å²) in [7, 11) is 0. The first-order chi connectivity index (χ1) is 23.6. The van der Waals surface area contributed by atoms with Gasteiger partial charge in [0.1, 0.15) is 17.7 Å². The molecule has 5 rings (SSSR count). The third-order valence-corrected chi connectivity index (χ3v) is 8.50. The first kappa shape index (κ1) is 36.1. The number of carbonyl (C=O) groups excluding carboxylic acids is 2.